The van der Waals surface area contributed by atoms with Crippen molar-refractivity contribution in [3.05, 3.63) is 40.7 Å². The summed E-state index contributed by atoms with van der Waals surface area (Å²) >= 11 is 5.80. The number of hydrogen-bond donors (Lipinski definition) is 0. The van der Waals surface area contributed by atoms with Gasteiger partial charge in [0.05, 0.1) is 11.4 Å². The van der Waals surface area contributed by atoms with E-state index in [1.54, 1.807) is 16.8 Å². The van der Waals surface area contributed by atoms with E-state index in [4.69, 9.17) is 11.6 Å². The molecule has 4 nitrogen and oxygen atoms in total. The van der Waals surface area contributed by atoms with E-state index in [1.165, 1.54) is 6.92 Å². The molecule has 0 aliphatic rings. The maximum absolute atomic E-state index is 11.2. The highest BCUT2D eigenvalue weighted by Crippen LogP contribution is 2.15. The summed E-state index contributed by atoms with van der Waals surface area (Å²) < 4.78 is 1.62. The van der Waals surface area contributed by atoms with Crippen LogP contribution in [0.15, 0.2) is 24.3 Å². The van der Waals surface area contributed by atoms with Crippen molar-refractivity contribution >= 4 is 17.4 Å². The van der Waals surface area contributed by atoms with Crippen molar-refractivity contribution in [1.29, 1.82) is 0 Å². The fourth-order valence-electron chi connectivity index (χ4n) is 1.48. The minimum atomic E-state index is -0.0855. The summed E-state index contributed by atoms with van der Waals surface area (Å²) in [6.07, 6.45) is 0. The van der Waals surface area contributed by atoms with E-state index < -0.39 is 0 Å². The van der Waals surface area contributed by atoms with Crippen molar-refractivity contribution in [3.8, 4) is 5.69 Å². The summed E-state index contributed by atoms with van der Waals surface area (Å²) in [6.45, 7) is 3.29. The topological polar surface area (TPSA) is 47.8 Å². The average Bonchev–Trinajstić information content (AvgIpc) is 2.61. The molecule has 0 atom stereocenters. The van der Waals surface area contributed by atoms with Crippen molar-refractivity contribution in [3.63, 3.8) is 0 Å². The molecule has 1 aromatic heterocycles. The molecule has 82 valence electrons. The highest BCUT2D eigenvalue weighted by molar-refractivity contribution is 6.30. The number of benzene rings is 1. The molecule has 0 N–H and O–H groups in total. The summed E-state index contributed by atoms with van der Waals surface area (Å²) in [7, 11) is 0. The van der Waals surface area contributed by atoms with E-state index in [-0.39, 0.29) is 5.78 Å². The monoisotopic (exact) mass is 235 g/mol. The first-order valence-electron chi connectivity index (χ1n) is 4.79. The van der Waals surface area contributed by atoms with Crippen LogP contribution >= 0.6 is 11.6 Å². The van der Waals surface area contributed by atoms with Crippen LogP contribution in [0, 0.1) is 6.92 Å². The number of nitrogens with zero attached hydrogens (tertiary/aromatic N) is 3. The van der Waals surface area contributed by atoms with E-state index in [9.17, 15) is 4.79 Å². The fraction of sp³-hybridized carbons (Fsp3) is 0.182. The molecule has 2 rings (SSSR count). The van der Waals surface area contributed by atoms with Gasteiger partial charge in [-0.25, -0.2) is 4.68 Å². The maximum Gasteiger partial charge on any atom is 0.181 e. The second-order valence-corrected chi connectivity index (χ2v) is 3.90. The van der Waals surface area contributed by atoms with Gasteiger partial charge in [-0.15, -0.1) is 5.10 Å². The third kappa shape index (κ3) is 1.84. The molecule has 0 saturated carbocycles. The van der Waals surface area contributed by atoms with E-state index >= 15 is 0 Å². The van der Waals surface area contributed by atoms with Crippen molar-refractivity contribution in [2.45, 2.75) is 13.8 Å². The molecule has 0 aliphatic heterocycles. The summed E-state index contributed by atoms with van der Waals surface area (Å²) in [5.41, 5.74) is 1.96. The Morgan fingerprint density at radius 3 is 2.44 bits per heavy atom. The smallest absolute Gasteiger partial charge is 0.181 e. The van der Waals surface area contributed by atoms with Gasteiger partial charge in [0.25, 0.3) is 0 Å². The second kappa shape index (κ2) is 4.06. The molecule has 16 heavy (non-hydrogen) atoms. The van der Waals surface area contributed by atoms with E-state index in [1.807, 2.05) is 19.1 Å². The second-order valence-electron chi connectivity index (χ2n) is 3.47. The summed E-state index contributed by atoms with van der Waals surface area (Å²) in [4.78, 5) is 11.2. The molecule has 0 spiro atoms. The SMILES string of the molecule is CC(=O)c1nnn(-c2ccc(Cl)cc2)c1C. The lowest BCUT2D eigenvalue weighted by Gasteiger charge is -2.02. The van der Waals surface area contributed by atoms with Crippen LogP contribution in [-0.2, 0) is 0 Å². The van der Waals surface area contributed by atoms with Crippen LogP contribution in [0.3, 0.4) is 0 Å². The van der Waals surface area contributed by atoms with Gasteiger partial charge in [0, 0.05) is 11.9 Å². The quantitative estimate of drug-likeness (QED) is 0.751. The lowest BCUT2D eigenvalue weighted by Crippen LogP contribution is -2.00. The van der Waals surface area contributed by atoms with Gasteiger partial charge >= 0.3 is 0 Å². The van der Waals surface area contributed by atoms with Gasteiger partial charge in [0.1, 0.15) is 0 Å². The predicted molar refractivity (Wildman–Crippen MR) is 61.1 cm³/mol. The highest BCUT2D eigenvalue weighted by Gasteiger charge is 2.13. The Hall–Kier alpha value is -1.68. The molecule has 0 fully saturated rings. The summed E-state index contributed by atoms with van der Waals surface area (Å²) in [5, 5.41) is 8.44. The normalized spacial score (nSPS) is 10.4. The van der Waals surface area contributed by atoms with Crippen LogP contribution in [0.4, 0.5) is 0 Å². The maximum atomic E-state index is 11.2. The largest absolute Gasteiger partial charge is 0.293 e. The van der Waals surface area contributed by atoms with Crippen molar-refractivity contribution in [2.75, 3.05) is 0 Å². The first-order chi connectivity index (χ1) is 7.59. The standard InChI is InChI=1S/C11H10ClN3O/c1-7-11(8(2)16)13-14-15(7)10-5-3-9(12)4-6-10/h3-6H,1-2H3. The Morgan fingerprint density at radius 2 is 1.94 bits per heavy atom. The zero-order valence-corrected chi connectivity index (χ0v) is 9.69. The van der Waals surface area contributed by atoms with Gasteiger partial charge in [-0.2, -0.15) is 0 Å². The van der Waals surface area contributed by atoms with Gasteiger partial charge in [-0.05, 0) is 31.2 Å². The van der Waals surface area contributed by atoms with Crippen molar-refractivity contribution < 1.29 is 4.79 Å². The first-order valence-corrected chi connectivity index (χ1v) is 5.16. The molecular weight excluding hydrogens is 226 g/mol. The molecule has 1 aromatic carbocycles. The van der Waals surface area contributed by atoms with Crippen LogP contribution in [0.5, 0.6) is 0 Å². The number of carbonyl (C=O) groups excluding carboxylic acids is 1. The number of Topliss-reactive ketones (excluding diaryl/α,β-unsaturated/α-hetero) is 1. The van der Waals surface area contributed by atoms with Crippen molar-refractivity contribution in [1.82, 2.24) is 15.0 Å². The molecular formula is C11H10ClN3O. The molecule has 5 heteroatoms. The van der Waals surface area contributed by atoms with Gasteiger partial charge in [-0.1, -0.05) is 16.8 Å². The van der Waals surface area contributed by atoms with E-state index in [0.717, 1.165) is 11.4 Å². The third-order valence-electron chi connectivity index (χ3n) is 2.30. The summed E-state index contributed by atoms with van der Waals surface area (Å²) in [5.74, 6) is -0.0855. The minimum absolute atomic E-state index is 0.0855. The van der Waals surface area contributed by atoms with Crippen molar-refractivity contribution in [2.24, 2.45) is 0 Å². The number of halogens is 1. The number of rotatable bonds is 2. The zero-order valence-electron chi connectivity index (χ0n) is 8.94. The molecule has 0 unspecified atom stereocenters. The Balaban J connectivity index is 2.49. The molecule has 2 aromatic rings. The van der Waals surface area contributed by atoms with Gasteiger partial charge in [0.15, 0.2) is 11.5 Å². The molecule has 1 heterocycles. The average molecular weight is 236 g/mol. The van der Waals surface area contributed by atoms with E-state index in [0.29, 0.717) is 10.7 Å². The predicted octanol–water partition coefficient (Wildman–Crippen LogP) is 2.43. The first kappa shape index (κ1) is 10.8. The van der Waals surface area contributed by atoms with Crippen LogP contribution in [0.1, 0.15) is 23.1 Å². The number of hydrogen-bond acceptors (Lipinski definition) is 3. The highest BCUT2D eigenvalue weighted by atomic mass is 35.5. The minimum Gasteiger partial charge on any atom is -0.293 e. The Kier molecular flexibility index (Phi) is 2.75. The summed E-state index contributed by atoms with van der Waals surface area (Å²) in [6, 6.07) is 7.19. The van der Waals surface area contributed by atoms with Gasteiger partial charge in [0.2, 0.25) is 0 Å². The Bertz CT molecular complexity index is 531. The van der Waals surface area contributed by atoms with Gasteiger partial charge in [-0.3, -0.25) is 4.79 Å². The number of ketones is 1. The zero-order chi connectivity index (χ0) is 11.7. The number of aromatic nitrogens is 3. The third-order valence-corrected chi connectivity index (χ3v) is 2.55. The Labute approximate surface area is 97.8 Å². The molecule has 0 bridgehead atoms. The van der Waals surface area contributed by atoms with Gasteiger partial charge < -0.3 is 0 Å². The van der Waals surface area contributed by atoms with E-state index in [2.05, 4.69) is 10.3 Å². The molecule has 0 aliphatic carbocycles. The van der Waals surface area contributed by atoms with Crippen LogP contribution in [0.2, 0.25) is 5.02 Å². The lowest BCUT2D eigenvalue weighted by atomic mass is 10.2. The Morgan fingerprint density at radius 1 is 1.31 bits per heavy atom. The van der Waals surface area contributed by atoms with Crippen LogP contribution in [-0.4, -0.2) is 20.8 Å². The van der Waals surface area contributed by atoms with Crippen LogP contribution < -0.4 is 0 Å². The molecule has 0 saturated heterocycles. The van der Waals surface area contributed by atoms with Crippen LogP contribution in [0.25, 0.3) is 5.69 Å². The number of carbonyl (C=O) groups is 1. The molecule has 0 amide bonds. The fourth-order valence-corrected chi connectivity index (χ4v) is 1.61. The molecule has 0 radical (unpaired) electrons. The lowest BCUT2D eigenvalue weighted by molar-refractivity contribution is 0.101.